The molecule has 0 heterocycles. The maximum Gasteiger partial charge on any atom is 0.309 e. The zero-order valence-corrected chi connectivity index (χ0v) is 52.0. The standard InChI is InChI=1S/C75H118O6/c1-4-7-10-13-16-19-22-25-28-30-32-34-35-36-37-38-39-41-42-44-47-50-53-56-59-62-65-68-74(77)80-71-72(70-79-73(76)67-64-61-58-55-52-49-46-27-24-21-18-15-12-9-6-3)81-75(78)69-66-63-60-57-54-51-48-45-43-40-33-31-29-26-23-20-17-14-11-8-5-2/h7,9-10,12,16,18-19,21,23,25-28,31-34,36-37,39,41,44,46-47,52,55,61,64,72H,4-6,8,11,13-15,17,20,22,24,29-30,35,38,40,42-43,45,48-51,53-54,56-60,62-63,65-71H2,1-3H3/b10-7-,12-9-,19-16-,21-18-,26-23-,28-25-,33-31-,34-32-,37-36-,41-39-,46-27-,47-44-,55-52-,64-61-. The molecule has 0 aromatic carbocycles. The first-order valence-corrected chi connectivity index (χ1v) is 32.6. The van der Waals surface area contributed by atoms with E-state index in [-0.39, 0.29) is 31.6 Å². The topological polar surface area (TPSA) is 78.9 Å². The van der Waals surface area contributed by atoms with E-state index in [4.69, 9.17) is 14.2 Å². The number of rotatable bonds is 57. The van der Waals surface area contributed by atoms with Crippen molar-refractivity contribution in [1.29, 1.82) is 0 Å². The van der Waals surface area contributed by atoms with Crippen LogP contribution in [0.4, 0.5) is 0 Å². The molecule has 0 aromatic heterocycles. The maximum absolute atomic E-state index is 12.9. The van der Waals surface area contributed by atoms with Gasteiger partial charge in [0.15, 0.2) is 6.10 Å². The predicted octanol–water partition coefficient (Wildman–Crippen LogP) is 22.7. The van der Waals surface area contributed by atoms with E-state index in [0.717, 1.165) is 141 Å². The summed E-state index contributed by atoms with van der Waals surface area (Å²) in [5.74, 6) is -1.09. The number of carbonyl (C=O) groups excluding carboxylic acids is 3. The lowest BCUT2D eigenvalue weighted by Gasteiger charge is -2.18. The van der Waals surface area contributed by atoms with Gasteiger partial charge in [-0.25, -0.2) is 0 Å². The maximum atomic E-state index is 12.9. The van der Waals surface area contributed by atoms with Crippen LogP contribution in [-0.4, -0.2) is 37.2 Å². The minimum Gasteiger partial charge on any atom is -0.462 e. The van der Waals surface area contributed by atoms with Crippen LogP contribution in [0.5, 0.6) is 0 Å². The van der Waals surface area contributed by atoms with Crippen LogP contribution in [0.2, 0.25) is 0 Å². The molecule has 454 valence electrons. The number of hydrogen-bond acceptors (Lipinski definition) is 6. The Morgan fingerprint density at radius 1 is 0.272 bits per heavy atom. The third-order valence-electron chi connectivity index (χ3n) is 13.2. The first-order chi connectivity index (χ1) is 40.0. The molecule has 1 atom stereocenters. The molecule has 0 amide bonds. The summed E-state index contributed by atoms with van der Waals surface area (Å²) in [5.41, 5.74) is 0. The molecule has 1 unspecified atom stereocenters. The molecule has 0 fully saturated rings. The smallest absolute Gasteiger partial charge is 0.309 e. The second-order valence-corrected chi connectivity index (χ2v) is 20.9. The van der Waals surface area contributed by atoms with Crippen molar-refractivity contribution in [2.24, 2.45) is 0 Å². The van der Waals surface area contributed by atoms with Gasteiger partial charge in [-0.1, -0.05) is 281 Å². The lowest BCUT2D eigenvalue weighted by atomic mass is 10.1. The summed E-state index contributed by atoms with van der Waals surface area (Å²) in [6, 6.07) is 0. The van der Waals surface area contributed by atoms with Crippen LogP contribution < -0.4 is 0 Å². The average molecular weight is 1120 g/mol. The van der Waals surface area contributed by atoms with Crippen LogP contribution in [0.1, 0.15) is 265 Å². The lowest BCUT2D eigenvalue weighted by Crippen LogP contribution is -2.30. The van der Waals surface area contributed by atoms with E-state index < -0.39 is 12.1 Å². The van der Waals surface area contributed by atoms with Crippen molar-refractivity contribution < 1.29 is 28.6 Å². The third-order valence-corrected chi connectivity index (χ3v) is 13.2. The van der Waals surface area contributed by atoms with E-state index in [1.807, 2.05) is 6.08 Å². The van der Waals surface area contributed by atoms with Gasteiger partial charge in [-0.05, 0) is 135 Å². The van der Waals surface area contributed by atoms with Gasteiger partial charge >= 0.3 is 17.9 Å². The number of hydrogen-bond donors (Lipinski definition) is 0. The van der Waals surface area contributed by atoms with E-state index >= 15 is 0 Å². The van der Waals surface area contributed by atoms with Gasteiger partial charge in [0.25, 0.3) is 0 Å². The van der Waals surface area contributed by atoms with Crippen molar-refractivity contribution >= 4 is 17.9 Å². The van der Waals surface area contributed by atoms with Crippen molar-refractivity contribution in [3.63, 3.8) is 0 Å². The van der Waals surface area contributed by atoms with Crippen molar-refractivity contribution in [2.45, 2.75) is 271 Å². The summed E-state index contributed by atoms with van der Waals surface area (Å²) in [6.45, 7) is 6.29. The van der Waals surface area contributed by atoms with Crippen LogP contribution >= 0.6 is 0 Å². The monoisotopic (exact) mass is 1110 g/mol. The van der Waals surface area contributed by atoms with Crippen molar-refractivity contribution in [1.82, 2.24) is 0 Å². The molecule has 0 aliphatic rings. The Hall–Kier alpha value is -5.23. The van der Waals surface area contributed by atoms with Gasteiger partial charge in [-0.3, -0.25) is 14.4 Å². The minimum absolute atomic E-state index is 0.114. The van der Waals surface area contributed by atoms with Gasteiger partial charge in [0.05, 0.1) is 6.42 Å². The van der Waals surface area contributed by atoms with Crippen LogP contribution in [0.3, 0.4) is 0 Å². The number of ether oxygens (including phenoxy) is 3. The molecule has 0 saturated heterocycles. The van der Waals surface area contributed by atoms with E-state index in [0.29, 0.717) is 12.8 Å². The quantitative estimate of drug-likeness (QED) is 0.0261. The molecule has 0 spiro atoms. The van der Waals surface area contributed by atoms with E-state index in [9.17, 15) is 14.4 Å². The zero-order valence-electron chi connectivity index (χ0n) is 52.0. The highest BCUT2D eigenvalue weighted by molar-refractivity contribution is 5.72. The lowest BCUT2D eigenvalue weighted by molar-refractivity contribution is -0.166. The molecule has 0 aliphatic carbocycles. The van der Waals surface area contributed by atoms with E-state index in [1.165, 1.54) is 83.5 Å². The molecule has 0 saturated carbocycles. The summed E-state index contributed by atoms with van der Waals surface area (Å²) >= 11 is 0. The Bertz CT molecular complexity index is 1860. The number of unbranched alkanes of at least 4 members (excludes halogenated alkanes) is 19. The highest BCUT2D eigenvalue weighted by atomic mass is 16.6. The Balaban J connectivity index is 4.50. The van der Waals surface area contributed by atoms with Crippen molar-refractivity contribution in [3.8, 4) is 0 Å². The molecule has 81 heavy (non-hydrogen) atoms. The first kappa shape index (κ1) is 75.8. The molecule has 0 N–H and O–H groups in total. The van der Waals surface area contributed by atoms with Gasteiger partial charge in [-0.2, -0.15) is 0 Å². The molecule has 0 bridgehead atoms. The van der Waals surface area contributed by atoms with Gasteiger partial charge in [0, 0.05) is 12.8 Å². The summed E-state index contributed by atoms with van der Waals surface area (Å²) in [6.07, 6.45) is 99.5. The largest absolute Gasteiger partial charge is 0.462 e. The second-order valence-electron chi connectivity index (χ2n) is 20.9. The highest BCUT2D eigenvalue weighted by Gasteiger charge is 2.19. The Morgan fingerprint density at radius 2 is 0.531 bits per heavy atom. The van der Waals surface area contributed by atoms with Gasteiger partial charge in [0.1, 0.15) is 13.2 Å². The Morgan fingerprint density at radius 3 is 0.864 bits per heavy atom. The van der Waals surface area contributed by atoms with Gasteiger partial charge in [0.2, 0.25) is 0 Å². The predicted molar refractivity (Wildman–Crippen MR) is 352 cm³/mol. The first-order valence-electron chi connectivity index (χ1n) is 32.6. The Labute approximate surface area is 498 Å². The fourth-order valence-electron chi connectivity index (χ4n) is 8.41. The molecular formula is C75H118O6. The highest BCUT2D eigenvalue weighted by Crippen LogP contribution is 2.14. The van der Waals surface area contributed by atoms with Gasteiger partial charge in [-0.15, -0.1) is 0 Å². The number of allylic oxidation sites excluding steroid dienone is 27. The summed E-state index contributed by atoms with van der Waals surface area (Å²) < 4.78 is 16.8. The fourth-order valence-corrected chi connectivity index (χ4v) is 8.41. The van der Waals surface area contributed by atoms with Crippen LogP contribution in [-0.2, 0) is 28.6 Å². The van der Waals surface area contributed by atoms with Crippen LogP contribution in [0.25, 0.3) is 0 Å². The molecule has 0 rings (SSSR count). The molecule has 0 radical (unpaired) electrons. The van der Waals surface area contributed by atoms with E-state index in [2.05, 4.69) is 179 Å². The van der Waals surface area contributed by atoms with Crippen molar-refractivity contribution in [3.05, 3.63) is 170 Å². The molecule has 0 aliphatic heterocycles. The number of carbonyl (C=O) groups is 3. The average Bonchev–Trinajstić information content (AvgIpc) is 3.47. The second kappa shape index (κ2) is 67.3. The molecular weight excluding hydrogens is 997 g/mol. The molecule has 6 heteroatoms. The number of esters is 3. The normalized spacial score (nSPS) is 13.3. The van der Waals surface area contributed by atoms with E-state index in [1.54, 1.807) is 6.08 Å². The third kappa shape index (κ3) is 65.5. The summed E-state index contributed by atoms with van der Waals surface area (Å²) in [4.78, 5) is 38.3. The zero-order chi connectivity index (χ0) is 58.5. The minimum atomic E-state index is -0.839. The SMILES string of the molecule is CC/C=C\C/C=C\C/C=C\C/C=C\C/C=C\C/C=C\C/C=C\CCCCCCCC(=O)OCC(COC(=O)C/C=C\C/C=C\C/C=C\C/C=C\C/C=C\CC)OC(=O)CCCCCCCCCCC/C=C\C/C=C\CCCCCCC. The van der Waals surface area contributed by atoms with Crippen LogP contribution in [0.15, 0.2) is 170 Å². The molecule has 0 aromatic rings. The van der Waals surface area contributed by atoms with Gasteiger partial charge < -0.3 is 14.2 Å². The fraction of sp³-hybridized carbons (Fsp3) is 0.587. The molecule has 6 nitrogen and oxygen atoms in total. The van der Waals surface area contributed by atoms with Crippen molar-refractivity contribution in [2.75, 3.05) is 13.2 Å². The summed E-state index contributed by atoms with van der Waals surface area (Å²) in [5, 5.41) is 0. The summed E-state index contributed by atoms with van der Waals surface area (Å²) in [7, 11) is 0. The van der Waals surface area contributed by atoms with Crippen LogP contribution in [0, 0.1) is 0 Å². The Kier molecular flexibility index (Phi) is 62.9.